The lowest BCUT2D eigenvalue weighted by Gasteiger charge is -2.32. The molecule has 0 radical (unpaired) electrons. The van der Waals surface area contributed by atoms with E-state index in [0.29, 0.717) is 6.61 Å². The van der Waals surface area contributed by atoms with E-state index in [1.807, 2.05) is 18.2 Å². The molecule has 0 fully saturated rings. The highest BCUT2D eigenvalue weighted by Gasteiger charge is 2.33. The first-order chi connectivity index (χ1) is 12.1. The summed E-state index contributed by atoms with van der Waals surface area (Å²) in [5.41, 5.74) is 4.84. The minimum atomic E-state index is -0.255. The number of H-pyrrole nitrogens is 1. The van der Waals surface area contributed by atoms with Crippen molar-refractivity contribution in [1.29, 1.82) is 5.26 Å². The van der Waals surface area contributed by atoms with Gasteiger partial charge >= 0.3 is 0 Å². The molecule has 2 heterocycles. The maximum Gasteiger partial charge on any atom is 0.291 e. The van der Waals surface area contributed by atoms with E-state index in [-0.39, 0.29) is 5.60 Å². The van der Waals surface area contributed by atoms with Gasteiger partial charge in [0.05, 0.1) is 18.8 Å². The van der Waals surface area contributed by atoms with E-state index >= 15 is 0 Å². The van der Waals surface area contributed by atoms with Crippen LogP contribution in [0.4, 0.5) is 5.82 Å². The fourth-order valence-electron chi connectivity index (χ4n) is 3.31. The molecule has 1 aromatic carbocycles. The molecule has 0 aliphatic carbocycles. The van der Waals surface area contributed by atoms with Crippen LogP contribution in [0.2, 0.25) is 0 Å². The lowest BCUT2D eigenvalue weighted by Crippen LogP contribution is -2.35. The monoisotopic (exact) mass is 336 g/mol. The predicted molar refractivity (Wildman–Crippen MR) is 99.1 cm³/mol. The Balaban J connectivity index is 2.15. The van der Waals surface area contributed by atoms with Crippen molar-refractivity contribution in [2.45, 2.75) is 52.2 Å². The quantitative estimate of drug-likeness (QED) is 0.836. The highest BCUT2D eigenvalue weighted by atomic mass is 16.5. The number of nitriles is 1. The average molecular weight is 336 g/mol. The second-order valence-electron chi connectivity index (χ2n) is 7.19. The summed E-state index contributed by atoms with van der Waals surface area (Å²) in [5, 5.41) is 13.2. The van der Waals surface area contributed by atoms with Crippen molar-refractivity contribution in [3.05, 3.63) is 47.0 Å². The van der Waals surface area contributed by atoms with E-state index in [1.54, 1.807) is 0 Å². The zero-order valence-electron chi connectivity index (χ0n) is 15.3. The number of nitrogens with zero attached hydrogens (tertiary/aromatic N) is 1. The van der Waals surface area contributed by atoms with Crippen LogP contribution in [-0.4, -0.2) is 12.1 Å². The standard InChI is InChI=1S/C21H25N3O/c1-4-5-11-23-20-17(13-22)16-12-21(2,3)25-14-18(16)19(24-20)15-9-7-6-8-10-15/h6-10H,4-5,11-12,14H2,1-3H3,(H,23,24)/p+1. The summed E-state index contributed by atoms with van der Waals surface area (Å²) in [6, 6.07) is 12.7. The Morgan fingerprint density at radius 3 is 2.68 bits per heavy atom. The molecule has 1 aliphatic heterocycles. The molecule has 25 heavy (non-hydrogen) atoms. The summed E-state index contributed by atoms with van der Waals surface area (Å²) in [6.07, 6.45) is 2.93. The van der Waals surface area contributed by atoms with E-state index in [2.05, 4.69) is 49.3 Å². The highest BCUT2D eigenvalue weighted by Crippen LogP contribution is 2.35. The molecule has 0 spiro atoms. The van der Waals surface area contributed by atoms with Crippen molar-refractivity contribution in [2.24, 2.45) is 0 Å². The van der Waals surface area contributed by atoms with Crippen molar-refractivity contribution in [1.82, 2.24) is 0 Å². The number of anilines is 1. The van der Waals surface area contributed by atoms with Gasteiger partial charge < -0.3 is 4.74 Å². The minimum absolute atomic E-state index is 0.255. The third-order valence-corrected chi connectivity index (χ3v) is 4.68. The third-order valence-electron chi connectivity index (χ3n) is 4.68. The first-order valence-corrected chi connectivity index (χ1v) is 9.00. The van der Waals surface area contributed by atoms with E-state index in [0.717, 1.165) is 59.6 Å². The first kappa shape index (κ1) is 17.4. The molecule has 2 aromatic rings. The maximum absolute atomic E-state index is 9.81. The van der Waals surface area contributed by atoms with Gasteiger partial charge in [-0.05, 0) is 25.8 Å². The summed E-state index contributed by atoms with van der Waals surface area (Å²) in [7, 11) is 0. The van der Waals surface area contributed by atoms with E-state index in [9.17, 15) is 5.26 Å². The topological polar surface area (TPSA) is 59.2 Å². The van der Waals surface area contributed by atoms with Crippen LogP contribution < -0.4 is 10.3 Å². The summed E-state index contributed by atoms with van der Waals surface area (Å²) >= 11 is 0. The van der Waals surface area contributed by atoms with Crippen molar-refractivity contribution in [3.63, 3.8) is 0 Å². The van der Waals surface area contributed by atoms with E-state index < -0.39 is 0 Å². The van der Waals surface area contributed by atoms with Gasteiger partial charge in [0.25, 0.3) is 5.82 Å². The Morgan fingerprint density at radius 1 is 1.24 bits per heavy atom. The molecule has 1 aromatic heterocycles. The van der Waals surface area contributed by atoms with Gasteiger partial charge in [0.2, 0.25) is 0 Å². The lowest BCUT2D eigenvalue weighted by molar-refractivity contribution is -0.349. The van der Waals surface area contributed by atoms with Crippen LogP contribution in [0.3, 0.4) is 0 Å². The normalized spacial score (nSPS) is 15.3. The Kier molecular flexibility index (Phi) is 5.06. The van der Waals surface area contributed by atoms with Gasteiger partial charge in [0.1, 0.15) is 17.3 Å². The Labute approximate surface area is 149 Å². The predicted octanol–water partition coefficient (Wildman–Crippen LogP) is 4.10. The van der Waals surface area contributed by atoms with Gasteiger partial charge in [-0.15, -0.1) is 0 Å². The number of aromatic amines is 1. The summed E-state index contributed by atoms with van der Waals surface area (Å²) in [6.45, 7) is 7.71. The van der Waals surface area contributed by atoms with Crippen LogP contribution in [0.25, 0.3) is 11.3 Å². The van der Waals surface area contributed by atoms with Crippen LogP contribution in [0.5, 0.6) is 0 Å². The van der Waals surface area contributed by atoms with Crippen molar-refractivity contribution < 1.29 is 9.72 Å². The molecule has 0 atom stereocenters. The van der Waals surface area contributed by atoms with Crippen LogP contribution in [0.15, 0.2) is 30.3 Å². The molecule has 4 heteroatoms. The molecule has 0 saturated heterocycles. The van der Waals surface area contributed by atoms with Crippen LogP contribution in [0.1, 0.15) is 50.3 Å². The number of aromatic nitrogens is 1. The molecule has 1 aliphatic rings. The van der Waals surface area contributed by atoms with Gasteiger partial charge in [-0.1, -0.05) is 43.7 Å². The number of hydrogen-bond acceptors (Lipinski definition) is 3. The van der Waals surface area contributed by atoms with Gasteiger partial charge in [0.15, 0.2) is 0 Å². The van der Waals surface area contributed by atoms with E-state index in [1.165, 1.54) is 0 Å². The SMILES string of the molecule is CCCCNc1[nH+]c(-c2ccccc2)c2c(c1C#N)CC(C)(C)OC2. The zero-order chi connectivity index (χ0) is 17.9. The Bertz CT molecular complexity index is 791. The smallest absolute Gasteiger partial charge is 0.291 e. The minimum Gasteiger partial charge on any atom is -0.370 e. The van der Waals surface area contributed by atoms with Crippen LogP contribution >= 0.6 is 0 Å². The molecular weight excluding hydrogens is 310 g/mol. The average Bonchev–Trinajstić information content (AvgIpc) is 2.61. The maximum atomic E-state index is 9.81. The molecule has 2 N–H and O–H groups in total. The second kappa shape index (κ2) is 7.25. The number of fused-ring (bicyclic) bond motifs is 1. The summed E-state index contributed by atoms with van der Waals surface area (Å²) in [4.78, 5) is 3.48. The molecule has 0 amide bonds. The number of ether oxygens (including phenoxy) is 1. The van der Waals surface area contributed by atoms with E-state index in [4.69, 9.17) is 4.74 Å². The van der Waals surface area contributed by atoms with Crippen molar-refractivity contribution in [3.8, 4) is 17.3 Å². The molecule has 0 saturated carbocycles. The van der Waals surface area contributed by atoms with Gasteiger partial charge in [0, 0.05) is 17.5 Å². The Hall–Kier alpha value is -2.38. The molecule has 0 bridgehead atoms. The summed E-state index contributed by atoms with van der Waals surface area (Å²) in [5.74, 6) is 0.825. The largest absolute Gasteiger partial charge is 0.370 e. The second-order valence-corrected chi connectivity index (χ2v) is 7.19. The molecule has 4 nitrogen and oxygen atoms in total. The molecule has 130 valence electrons. The number of pyridine rings is 1. The van der Waals surface area contributed by atoms with Gasteiger partial charge in [-0.25, -0.2) is 4.98 Å². The molecule has 0 unspecified atom stereocenters. The number of unbranched alkanes of at least 4 members (excludes halogenated alkanes) is 1. The van der Waals surface area contributed by atoms with Crippen LogP contribution in [-0.2, 0) is 17.8 Å². The number of benzene rings is 1. The Morgan fingerprint density at radius 2 is 2.00 bits per heavy atom. The van der Waals surface area contributed by atoms with Crippen LogP contribution in [0, 0.1) is 11.3 Å². The fourth-order valence-corrected chi connectivity index (χ4v) is 3.31. The zero-order valence-corrected chi connectivity index (χ0v) is 15.3. The lowest BCUT2D eigenvalue weighted by atomic mass is 9.87. The van der Waals surface area contributed by atoms with Crippen molar-refractivity contribution >= 4 is 5.82 Å². The van der Waals surface area contributed by atoms with Crippen molar-refractivity contribution in [2.75, 3.05) is 11.9 Å². The summed E-state index contributed by atoms with van der Waals surface area (Å²) < 4.78 is 6.04. The number of rotatable bonds is 5. The van der Waals surface area contributed by atoms with Gasteiger partial charge in [-0.2, -0.15) is 5.26 Å². The third kappa shape index (κ3) is 3.67. The molecule has 3 rings (SSSR count). The first-order valence-electron chi connectivity index (χ1n) is 9.00. The molecular formula is C21H26N3O+. The highest BCUT2D eigenvalue weighted by molar-refractivity contribution is 5.67. The van der Waals surface area contributed by atoms with Gasteiger partial charge in [-0.3, -0.25) is 5.32 Å². The fraction of sp³-hybridized carbons (Fsp3) is 0.429. The number of hydrogen-bond donors (Lipinski definition) is 1. The number of nitrogens with one attached hydrogen (secondary N) is 2.